The highest BCUT2D eigenvalue weighted by Gasteiger charge is 2.41. The zero-order chi connectivity index (χ0) is 19.9. The van der Waals surface area contributed by atoms with E-state index < -0.39 is 22.6 Å². The largest absolute Gasteiger partial charge is 0.469 e. The number of carbonyl (C=O) groups is 2. The van der Waals surface area contributed by atoms with Gasteiger partial charge in [0.2, 0.25) is 0 Å². The minimum absolute atomic E-state index is 0.202. The number of hydrogen-bond acceptors (Lipinski definition) is 6. The average molecular weight is 403 g/mol. The minimum atomic E-state index is -1.05. The van der Waals surface area contributed by atoms with Crippen molar-refractivity contribution in [3.8, 4) is 0 Å². The van der Waals surface area contributed by atoms with Crippen molar-refractivity contribution in [3.63, 3.8) is 0 Å². The van der Waals surface area contributed by atoms with Gasteiger partial charge in [-0.25, -0.2) is 0 Å². The molecule has 0 heterocycles. The van der Waals surface area contributed by atoms with Gasteiger partial charge in [0.1, 0.15) is 4.75 Å². The van der Waals surface area contributed by atoms with Gasteiger partial charge in [0.05, 0.1) is 24.3 Å². The topological polar surface area (TPSA) is 52.6 Å². The molecular formula is C21H22O4S2. The Bertz CT molecular complexity index is 792. The summed E-state index contributed by atoms with van der Waals surface area (Å²) in [5.41, 5.74) is 1.63. The van der Waals surface area contributed by atoms with Crippen LogP contribution in [0.15, 0.2) is 60.7 Å². The summed E-state index contributed by atoms with van der Waals surface area (Å²) in [6.07, 6.45) is 0.202. The predicted octanol–water partition coefficient (Wildman–Crippen LogP) is 4.37. The van der Waals surface area contributed by atoms with Crippen LogP contribution in [0.3, 0.4) is 0 Å². The highest BCUT2D eigenvalue weighted by molar-refractivity contribution is 8.25. The number of benzene rings is 2. The molecule has 0 aliphatic heterocycles. The van der Waals surface area contributed by atoms with Gasteiger partial charge in [-0.1, -0.05) is 84.6 Å². The maximum Gasteiger partial charge on any atom is 0.322 e. The summed E-state index contributed by atoms with van der Waals surface area (Å²) in [7, 11) is 2.68. The van der Waals surface area contributed by atoms with Crippen molar-refractivity contribution in [2.45, 2.75) is 24.0 Å². The van der Waals surface area contributed by atoms with Crippen molar-refractivity contribution in [3.05, 3.63) is 71.8 Å². The van der Waals surface area contributed by atoms with Crippen LogP contribution in [0.4, 0.5) is 0 Å². The Hall–Kier alpha value is -2.18. The fraction of sp³-hybridized carbons (Fsp3) is 0.286. The normalized spacial score (nSPS) is 13.9. The summed E-state index contributed by atoms with van der Waals surface area (Å²) < 4.78 is 9.54. The average Bonchev–Trinajstić information content (AvgIpc) is 2.72. The maximum absolute atomic E-state index is 12.6. The minimum Gasteiger partial charge on any atom is -0.469 e. The van der Waals surface area contributed by atoms with E-state index in [0.29, 0.717) is 4.20 Å². The van der Waals surface area contributed by atoms with Gasteiger partial charge in [-0.05, 0) is 24.5 Å². The molecule has 0 aromatic heterocycles. The molecule has 2 rings (SSSR count). The molecule has 27 heavy (non-hydrogen) atoms. The first-order valence-electron chi connectivity index (χ1n) is 8.41. The fourth-order valence-electron chi connectivity index (χ4n) is 2.77. The number of methoxy groups -OCH3 is 2. The van der Waals surface area contributed by atoms with Gasteiger partial charge in [-0.3, -0.25) is 9.59 Å². The number of hydrogen-bond donors (Lipinski definition) is 0. The standard InChI is InChI=1S/C21H22O4S2/c1-21(20(23)25-3,27-19(26)16-12-8-5-9-13-16)14-17(18(22)24-2)15-10-6-4-7-11-15/h4-13,17H,14H2,1-3H3. The smallest absolute Gasteiger partial charge is 0.322 e. The number of esters is 2. The zero-order valence-corrected chi connectivity index (χ0v) is 17.1. The molecule has 0 aliphatic rings. The molecule has 142 valence electrons. The molecule has 0 saturated carbocycles. The second-order valence-electron chi connectivity index (χ2n) is 6.17. The maximum atomic E-state index is 12.6. The third kappa shape index (κ3) is 5.40. The lowest BCUT2D eigenvalue weighted by atomic mass is 9.89. The van der Waals surface area contributed by atoms with Crippen LogP contribution >= 0.6 is 24.0 Å². The Morgan fingerprint density at radius 2 is 1.56 bits per heavy atom. The van der Waals surface area contributed by atoms with Crippen molar-refractivity contribution >= 4 is 40.1 Å². The van der Waals surface area contributed by atoms with Gasteiger partial charge in [-0.2, -0.15) is 0 Å². The number of rotatable bonds is 7. The number of carbonyl (C=O) groups excluding carboxylic acids is 2. The SMILES string of the molecule is COC(=O)C(CC(C)(SC(=S)c1ccccc1)C(=O)OC)c1ccccc1. The van der Waals surface area contributed by atoms with Gasteiger partial charge in [-0.15, -0.1) is 0 Å². The Balaban J connectivity index is 2.34. The van der Waals surface area contributed by atoms with Gasteiger partial charge >= 0.3 is 11.9 Å². The monoisotopic (exact) mass is 402 g/mol. The summed E-state index contributed by atoms with van der Waals surface area (Å²) in [6.45, 7) is 1.75. The van der Waals surface area contributed by atoms with Crippen LogP contribution in [0.5, 0.6) is 0 Å². The Morgan fingerprint density at radius 1 is 1.00 bits per heavy atom. The second-order valence-corrected chi connectivity index (χ2v) is 8.35. The van der Waals surface area contributed by atoms with E-state index in [1.165, 1.54) is 26.0 Å². The Kier molecular flexibility index (Phi) is 7.56. The quantitative estimate of drug-likeness (QED) is 0.506. The first kappa shape index (κ1) is 21.1. The third-order valence-corrected chi connectivity index (χ3v) is 5.92. The van der Waals surface area contributed by atoms with Crippen LogP contribution in [-0.4, -0.2) is 35.1 Å². The number of ether oxygens (including phenoxy) is 2. The number of thioether (sulfide) groups is 1. The molecule has 0 aliphatic carbocycles. The molecule has 0 N–H and O–H groups in total. The molecule has 0 spiro atoms. The molecule has 0 radical (unpaired) electrons. The van der Waals surface area contributed by atoms with E-state index in [4.69, 9.17) is 21.7 Å². The van der Waals surface area contributed by atoms with Crippen LogP contribution in [0.2, 0.25) is 0 Å². The Labute approximate surface area is 169 Å². The van der Waals surface area contributed by atoms with Crippen molar-refractivity contribution < 1.29 is 19.1 Å². The highest BCUT2D eigenvalue weighted by atomic mass is 32.2. The second kappa shape index (κ2) is 9.67. The summed E-state index contributed by atoms with van der Waals surface area (Å²) in [5.74, 6) is -1.44. The van der Waals surface area contributed by atoms with Gasteiger partial charge in [0.25, 0.3) is 0 Å². The van der Waals surface area contributed by atoms with E-state index in [1.807, 2.05) is 60.7 Å². The van der Waals surface area contributed by atoms with E-state index in [9.17, 15) is 9.59 Å². The van der Waals surface area contributed by atoms with Crippen molar-refractivity contribution in [2.24, 2.45) is 0 Å². The van der Waals surface area contributed by atoms with Crippen LogP contribution in [0.1, 0.15) is 30.4 Å². The molecular weight excluding hydrogens is 380 g/mol. The molecule has 2 unspecified atom stereocenters. The predicted molar refractivity (Wildman–Crippen MR) is 112 cm³/mol. The summed E-state index contributed by atoms with van der Waals surface area (Å²) >= 11 is 6.77. The lowest BCUT2D eigenvalue weighted by Crippen LogP contribution is -2.37. The van der Waals surface area contributed by atoms with Crippen molar-refractivity contribution in [2.75, 3.05) is 14.2 Å². The summed E-state index contributed by atoms with van der Waals surface area (Å²) in [6, 6.07) is 18.7. The van der Waals surface area contributed by atoms with Gasteiger partial charge < -0.3 is 9.47 Å². The van der Waals surface area contributed by atoms with Gasteiger partial charge in [0, 0.05) is 0 Å². The van der Waals surface area contributed by atoms with Crippen molar-refractivity contribution in [1.82, 2.24) is 0 Å². The molecule has 0 fully saturated rings. The lowest BCUT2D eigenvalue weighted by molar-refractivity contribution is -0.145. The summed E-state index contributed by atoms with van der Waals surface area (Å²) in [5, 5.41) is 0. The third-order valence-electron chi connectivity index (χ3n) is 4.23. The first-order chi connectivity index (χ1) is 12.9. The Morgan fingerprint density at radius 3 is 2.07 bits per heavy atom. The molecule has 0 saturated heterocycles. The molecule has 2 atom stereocenters. The van der Waals surface area contributed by atoms with E-state index in [-0.39, 0.29) is 6.42 Å². The van der Waals surface area contributed by atoms with E-state index >= 15 is 0 Å². The molecule has 2 aromatic rings. The first-order valence-corrected chi connectivity index (χ1v) is 9.63. The highest BCUT2D eigenvalue weighted by Crippen LogP contribution is 2.39. The molecule has 4 nitrogen and oxygen atoms in total. The van der Waals surface area contributed by atoms with E-state index in [0.717, 1.165) is 11.1 Å². The molecule has 0 bridgehead atoms. The van der Waals surface area contributed by atoms with Crippen LogP contribution < -0.4 is 0 Å². The molecule has 6 heteroatoms. The van der Waals surface area contributed by atoms with Crippen molar-refractivity contribution in [1.29, 1.82) is 0 Å². The fourth-order valence-corrected chi connectivity index (χ4v) is 4.54. The van der Waals surface area contributed by atoms with Crippen LogP contribution in [-0.2, 0) is 19.1 Å². The lowest BCUT2D eigenvalue weighted by Gasteiger charge is -2.29. The molecule has 2 aromatic carbocycles. The van der Waals surface area contributed by atoms with E-state index in [2.05, 4.69) is 0 Å². The summed E-state index contributed by atoms with van der Waals surface area (Å²) in [4.78, 5) is 25.1. The zero-order valence-electron chi connectivity index (χ0n) is 15.5. The van der Waals surface area contributed by atoms with E-state index in [1.54, 1.807) is 6.92 Å². The van der Waals surface area contributed by atoms with Gasteiger partial charge in [0.15, 0.2) is 0 Å². The molecule has 0 amide bonds. The van der Waals surface area contributed by atoms with Crippen LogP contribution in [0.25, 0.3) is 0 Å². The van der Waals surface area contributed by atoms with Crippen LogP contribution in [0, 0.1) is 0 Å². The number of thiocarbonyl (C=S) groups is 1.